The van der Waals surface area contributed by atoms with Crippen molar-refractivity contribution in [2.45, 2.75) is 20.6 Å². The van der Waals surface area contributed by atoms with Gasteiger partial charge in [0.15, 0.2) is 0 Å². The van der Waals surface area contributed by atoms with Gasteiger partial charge in [0.2, 0.25) is 5.88 Å². The number of aliphatic hydroxyl groups excluding tert-OH is 1. The van der Waals surface area contributed by atoms with Crippen LogP contribution in [0.15, 0.2) is 109 Å². The average molecular weight is 707 g/mol. The lowest BCUT2D eigenvalue weighted by molar-refractivity contribution is 0.277. The van der Waals surface area contributed by atoms with E-state index in [1.807, 2.05) is 72.8 Å². The quantitative estimate of drug-likeness (QED) is 0.149. The first-order valence-corrected chi connectivity index (χ1v) is 15.3. The van der Waals surface area contributed by atoms with E-state index in [1.165, 1.54) is 0 Å². The molecule has 52 heavy (non-hydrogen) atoms. The lowest BCUT2D eigenvalue weighted by atomic mass is 9.96. The monoisotopic (exact) mass is 706 g/mol. The minimum atomic E-state index is 0. The minimum absolute atomic E-state index is 0. The number of nitrogens with two attached hydrogens (primary N) is 2. The van der Waals surface area contributed by atoms with E-state index in [1.54, 1.807) is 54.9 Å². The van der Waals surface area contributed by atoms with E-state index in [4.69, 9.17) is 43.4 Å². The Morgan fingerprint density at radius 2 is 1.04 bits per heavy atom. The van der Waals surface area contributed by atoms with E-state index in [0.717, 1.165) is 0 Å². The summed E-state index contributed by atoms with van der Waals surface area (Å²) >= 11 is 5.89. The van der Waals surface area contributed by atoms with Gasteiger partial charge in [0.05, 0.1) is 23.6 Å². The number of hydrogen-bond acceptors (Lipinski definition) is 12. The van der Waals surface area contributed by atoms with Crippen LogP contribution in [0.1, 0.15) is 41.1 Å². The van der Waals surface area contributed by atoms with Gasteiger partial charge in [-0.2, -0.15) is 26.0 Å². The number of aliphatic hydroxyl groups is 1. The number of pyridine rings is 4. The molecule has 0 amide bonds. The molecular formula is C39H31ClN10O2. The SMILES string of the molecule is C.N#Cc1c(N)nc(Cl)c(C#N)c1-c1ccccc1.N#Cc1c(N)nc(OCc2ccccn2)c(C#N)c1-c1ccccc1.OCc1ccccn1. The number of anilines is 2. The van der Waals surface area contributed by atoms with Crippen molar-refractivity contribution in [2.75, 3.05) is 11.5 Å². The van der Waals surface area contributed by atoms with Gasteiger partial charge in [-0.05, 0) is 35.4 Å². The topological polar surface area (TPSA) is 228 Å². The second-order valence-electron chi connectivity index (χ2n) is 10.1. The van der Waals surface area contributed by atoms with Crippen LogP contribution in [0.4, 0.5) is 11.6 Å². The van der Waals surface area contributed by atoms with E-state index in [2.05, 4.69) is 26.0 Å². The average Bonchev–Trinajstić information content (AvgIpc) is 3.18. The van der Waals surface area contributed by atoms with Crippen molar-refractivity contribution in [3.8, 4) is 52.4 Å². The third kappa shape index (κ3) is 9.63. The maximum Gasteiger partial charge on any atom is 0.234 e. The lowest BCUT2D eigenvalue weighted by Gasteiger charge is -2.13. The molecule has 2 aromatic carbocycles. The molecule has 12 nitrogen and oxygen atoms in total. The Morgan fingerprint density at radius 1 is 0.596 bits per heavy atom. The van der Waals surface area contributed by atoms with Crippen LogP contribution in [0.2, 0.25) is 5.15 Å². The molecule has 5 N–H and O–H groups in total. The molecule has 0 unspecified atom stereocenters. The predicted molar refractivity (Wildman–Crippen MR) is 198 cm³/mol. The smallest absolute Gasteiger partial charge is 0.234 e. The highest BCUT2D eigenvalue weighted by Gasteiger charge is 2.21. The predicted octanol–water partition coefficient (Wildman–Crippen LogP) is 6.99. The molecule has 0 saturated carbocycles. The van der Waals surface area contributed by atoms with Gasteiger partial charge in [0.1, 0.15) is 64.4 Å². The minimum Gasteiger partial charge on any atom is -0.470 e. The number of benzene rings is 2. The van der Waals surface area contributed by atoms with Crippen molar-refractivity contribution in [3.05, 3.63) is 148 Å². The van der Waals surface area contributed by atoms with Gasteiger partial charge in [0, 0.05) is 23.5 Å². The third-order valence-corrected chi connectivity index (χ3v) is 7.19. The molecule has 0 spiro atoms. The van der Waals surface area contributed by atoms with Gasteiger partial charge in [-0.3, -0.25) is 9.97 Å². The highest BCUT2D eigenvalue weighted by molar-refractivity contribution is 6.31. The van der Waals surface area contributed by atoms with E-state index >= 15 is 0 Å². The van der Waals surface area contributed by atoms with Crippen LogP contribution in [0, 0.1) is 45.3 Å². The molecule has 0 aliphatic rings. The summed E-state index contributed by atoms with van der Waals surface area (Å²) in [5.74, 6) is 0.139. The second kappa shape index (κ2) is 19.6. The summed E-state index contributed by atoms with van der Waals surface area (Å²) in [6.07, 6.45) is 3.31. The van der Waals surface area contributed by atoms with Gasteiger partial charge < -0.3 is 21.3 Å². The Balaban J connectivity index is 0.000000235. The Hall–Kier alpha value is -7.35. The normalized spacial score (nSPS) is 9.42. The Morgan fingerprint density at radius 3 is 1.46 bits per heavy atom. The number of ether oxygens (including phenoxy) is 1. The largest absolute Gasteiger partial charge is 0.470 e. The molecule has 256 valence electrons. The van der Waals surface area contributed by atoms with E-state index < -0.39 is 0 Å². The number of aromatic nitrogens is 4. The van der Waals surface area contributed by atoms with Gasteiger partial charge in [-0.15, -0.1) is 0 Å². The molecule has 13 heteroatoms. The molecule has 4 heterocycles. The number of nitriles is 4. The summed E-state index contributed by atoms with van der Waals surface area (Å²) in [4.78, 5) is 15.9. The zero-order chi connectivity index (χ0) is 36.6. The zero-order valence-corrected chi connectivity index (χ0v) is 27.5. The lowest BCUT2D eigenvalue weighted by Crippen LogP contribution is -2.07. The van der Waals surface area contributed by atoms with Gasteiger partial charge in [-0.1, -0.05) is 91.8 Å². The van der Waals surface area contributed by atoms with Crippen molar-refractivity contribution in [2.24, 2.45) is 0 Å². The summed E-state index contributed by atoms with van der Waals surface area (Å²) in [5, 5.41) is 45.9. The molecule has 0 radical (unpaired) electrons. The summed E-state index contributed by atoms with van der Waals surface area (Å²) in [6.45, 7) is 0.170. The number of hydrogen-bond donors (Lipinski definition) is 3. The summed E-state index contributed by atoms with van der Waals surface area (Å²) in [5.41, 5.74) is 15.9. The maximum absolute atomic E-state index is 9.63. The molecule has 4 aromatic heterocycles. The maximum atomic E-state index is 9.63. The third-order valence-electron chi connectivity index (χ3n) is 6.92. The van der Waals surface area contributed by atoms with Crippen LogP contribution in [-0.4, -0.2) is 25.0 Å². The van der Waals surface area contributed by atoms with Crippen molar-refractivity contribution in [3.63, 3.8) is 0 Å². The fourth-order valence-corrected chi connectivity index (χ4v) is 4.82. The summed E-state index contributed by atoms with van der Waals surface area (Å²) < 4.78 is 5.67. The molecule has 0 aliphatic heterocycles. The van der Waals surface area contributed by atoms with Crippen molar-refractivity contribution in [1.82, 2.24) is 19.9 Å². The standard InChI is InChI=1S/C19H13N5O.C13H7ClN4.C6H7NO.CH4/c20-10-15-17(13-6-2-1-3-7-13)16(11-21)19(24-18(15)22)25-12-14-8-4-5-9-23-14;14-12-9(6-15)11(8-4-2-1-3-5-8)10(7-16)13(17)18-12;8-5-6-3-1-2-4-7-6;/h1-9H,12H2,(H2,22,24);1-5H,(H2,17,18);1-4,8H,5H2;1H4. The van der Waals surface area contributed by atoms with Crippen molar-refractivity contribution >= 4 is 23.2 Å². The van der Waals surface area contributed by atoms with Crippen LogP contribution in [0.5, 0.6) is 5.88 Å². The van der Waals surface area contributed by atoms with E-state index in [-0.39, 0.29) is 65.6 Å². The Bertz CT molecular complexity index is 2230. The van der Waals surface area contributed by atoms with Crippen LogP contribution in [0.25, 0.3) is 22.3 Å². The van der Waals surface area contributed by atoms with Crippen molar-refractivity contribution in [1.29, 1.82) is 21.0 Å². The second-order valence-corrected chi connectivity index (χ2v) is 10.5. The molecule has 0 aliphatic carbocycles. The fourth-order valence-electron chi connectivity index (χ4n) is 4.60. The molecule has 0 saturated heterocycles. The van der Waals surface area contributed by atoms with Gasteiger partial charge in [-0.25, -0.2) is 4.98 Å². The van der Waals surface area contributed by atoms with E-state index in [9.17, 15) is 10.5 Å². The first-order valence-electron chi connectivity index (χ1n) is 14.9. The zero-order valence-electron chi connectivity index (χ0n) is 26.8. The highest BCUT2D eigenvalue weighted by Crippen LogP contribution is 2.35. The summed E-state index contributed by atoms with van der Waals surface area (Å²) in [7, 11) is 0. The van der Waals surface area contributed by atoms with Crippen LogP contribution in [0.3, 0.4) is 0 Å². The molecule has 6 aromatic rings. The molecule has 0 bridgehead atoms. The van der Waals surface area contributed by atoms with Crippen LogP contribution < -0.4 is 16.2 Å². The number of rotatable bonds is 6. The summed E-state index contributed by atoms with van der Waals surface area (Å²) in [6, 6.07) is 37.1. The fraction of sp³-hybridized carbons (Fsp3) is 0.0769. The number of halogens is 1. The first kappa shape index (κ1) is 39.1. The van der Waals surface area contributed by atoms with Gasteiger partial charge in [0.25, 0.3) is 0 Å². The highest BCUT2D eigenvalue weighted by atomic mass is 35.5. The Labute approximate surface area is 306 Å². The van der Waals surface area contributed by atoms with E-state index in [0.29, 0.717) is 33.6 Å². The molecule has 0 atom stereocenters. The Kier molecular flexibility index (Phi) is 14.7. The molecule has 0 fully saturated rings. The number of nitrogens with zero attached hydrogens (tertiary/aromatic N) is 8. The molecular weight excluding hydrogens is 676 g/mol. The van der Waals surface area contributed by atoms with Gasteiger partial charge >= 0.3 is 0 Å². The molecule has 6 rings (SSSR count). The van der Waals surface area contributed by atoms with Crippen LogP contribution in [-0.2, 0) is 13.2 Å². The van der Waals surface area contributed by atoms with Crippen molar-refractivity contribution < 1.29 is 9.84 Å². The number of nitrogen functional groups attached to an aromatic ring is 2. The first-order chi connectivity index (χ1) is 24.9. The van der Waals surface area contributed by atoms with Crippen LogP contribution >= 0.6 is 11.6 Å².